The zero-order chi connectivity index (χ0) is 8.72. The largest absolute Gasteiger partial charge is 0.207 e. The quantitative estimate of drug-likeness (QED) is 0.603. The van der Waals surface area contributed by atoms with Gasteiger partial charge < -0.3 is 0 Å². The predicted molar refractivity (Wildman–Crippen MR) is 46.3 cm³/mol. The second-order valence-electron chi connectivity index (χ2n) is 2.93. The summed E-state index contributed by atoms with van der Waals surface area (Å²) in [5.74, 6) is -0.584. The lowest BCUT2D eigenvalue weighted by Gasteiger charge is -2.04. The lowest BCUT2D eigenvalue weighted by molar-refractivity contribution is 0.584. The molecule has 1 aromatic rings. The molecule has 1 aliphatic carbocycles. The Labute approximate surface area is 77.7 Å². The molecule has 0 saturated heterocycles. The number of rotatable bonds is 0. The molecule has 0 bridgehead atoms. The second kappa shape index (κ2) is 2.80. The molecule has 0 aromatic heterocycles. The molecule has 1 aromatic carbocycles. The van der Waals surface area contributed by atoms with Crippen molar-refractivity contribution in [3.05, 3.63) is 34.9 Å². The Kier molecular flexibility index (Phi) is 1.91. The van der Waals surface area contributed by atoms with Crippen LogP contribution in [0.2, 0.25) is 0 Å². The summed E-state index contributed by atoms with van der Waals surface area (Å²) in [5.41, 5.74) is 1.05. The monoisotopic (exact) mass is 232 g/mol. The summed E-state index contributed by atoms with van der Waals surface area (Å²) in [7, 11) is 0. The van der Waals surface area contributed by atoms with Gasteiger partial charge in [0.05, 0.1) is 0 Å². The first kappa shape index (κ1) is 8.17. The Bertz CT molecular complexity index is 323. The van der Waals surface area contributed by atoms with Gasteiger partial charge in [0, 0.05) is 10.4 Å². The predicted octanol–water partition coefficient (Wildman–Crippen LogP) is 3.35. The van der Waals surface area contributed by atoms with E-state index in [9.17, 15) is 8.78 Å². The van der Waals surface area contributed by atoms with Crippen molar-refractivity contribution in [3.63, 3.8) is 0 Å². The summed E-state index contributed by atoms with van der Waals surface area (Å²) in [6.07, 6.45) is 1.42. The van der Waals surface area contributed by atoms with E-state index in [1.165, 1.54) is 12.1 Å². The van der Waals surface area contributed by atoms with Crippen molar-refractivity contribution >= 4 is 15.9 Å². The van der Waals surface area contributed by atoms with E-state index >= 15 is 0 Å². The van der Waals surface area contributed by atoms with Crippen LogP contribution in [0.5, 0.6) is 0 Å². The fourth-order valence-corrected chi connectivity index (χ4v) is 2.34. The zero-order valence-electron chi connectivity index (χ0n) is 6.28. The summed E-state index contributed by atoms with van der Waals surface area (Å²) in [6, 6.07) is 2.38. The first-order valence-corrected chi connectivity index (χ1v) is 4.72. The van der Waals surface area contributed by atoms with Crippen molar-refractivity contribution in [2.45, 2.75) is 17.7 Å². The topological polar surface area (TPSA) is 0 Å². The zero-order valence-corrected chi connectivity index (χ0v) is 7.87. The minimum Gasteiger partial charge on any atom is -0.207 e. The van der Waals surface area contributed by atoms with Crippen LogP contribution in [0.4, 0.5) is 8.78 Å². The van der Waals surface area contributed by atoms with Crippen LogP contribution in [-0.4, -0.2) is 0 Å². The van der Waals surface area contributed by atoms with E-state index in [4.69, 9.17) is 0 Å². The molecular formula is C9H7BrF2. The molecule has 0 N–H and O–H groups in total. The fraction of sp³-hybridized carbons (Fsp3) is 0.333. The highest BCUT2D eigenvalue weighted by atomic mass is 79.9. The van der Waals surface area contributed by atoms with Gasteiger partial charge >= 0.3 is 0 Å². The first-order valence-electron chi connectivity index (χ1n) is 3.81. The van der Waals surface area contributed by atoms with Crippen molar-refractivity contribution in [1.29, 1.82) is 0 Å². The number of hydrogen-bond acceptors (Lipinski definition) is 0. The molecule has 1 aliphatic rings. The molecule has 1 unspecified atom stereocenters. The van der Waals surface area contributed by atoms with Crippen LogP contribution in [0.3, 0.4) is 0 Å². The third kappa shape index (κ3) is 1.07. The van der Waals surface area contributed by atoms with E-state index in [1.54, 1.807) is 0 Å². The lowest BCUT2D eigenvalue weighted by atomic mass is 10.1. The Morgan fingerprint density at radius 3 is 2.58 bits per heavy atom. The van der Waals surface area contributed by atoms with Gasteiger partial charge in [-0.15, -0.1) is 0 Å². The Balaban J connectivity index is 2.64. The SMILES string of the molecule is Fc1ccc(F)c2c1CCC2Br. The van der Waals surface area contributed by atoms with Crippen molar-refractivity contribution in [2.24, 2.45) is 0 Å². The summed E-state index contributed by atoms with van der Waals surface area (Å²) in [4.78, 5) is -0.0109. The molecule has 3 heteroatoms. The van der Waals surface area contributed by atoms with Gasteiger partial charge in [-0.05, 0) is 30.5 Å². The molecule has 1 atom stereocenters. The van der Waals surface area contributed by atoms with Crippen LogP contribution in [0.25, 0.3) is 0 Å². The maximum atomic E-state index is 13.1. The molecule has 0 fully saturated rings. The van der Waals surface area contributed by atoms with Gasteiger partial charge in [-0.2, -0.15) is 0 Å². The number of alkyl halides is 1. The highest BCUT2D eigenvalue weighted by Crippen LogP contribution is 2.40. The van der Waals surface area contributed by atoms with Gasteiger partial charge in [0.2, 0.25) is 0 Å². The number of halogens is 3. The number of fused-ring (bicyclic) bond motifs is 1. The molecule has 64 valence electrons. The average molecular weight is 233 g/mol. The second-order valence-corrected chi connectivity index (χ2v) is 4.03. The lowest BCUT2D eigenvalue weighted by Crippen LogP contribution is -1.93. The van der Waals surface area contributed by atoms with Crippen molar-refractivity contribution in [3.8, 4) is 0 Å². The van der Waals surface area contributed by atoms with Crippen molar-refractivity contribution < 1.29 is 8.78 Å². The molecule has 2 rings (SSSR count). The smallest absolute Gasteiger partial charge is 0.128 e. The average Bonchev–Trinajstić information content (AvgIpc) is 2.42. The number of benzene rings is 1. The van der Waals surface area contributed by atoms with Crippen LogP contribution >= 0.6 is 15.9 Å². The normalized spacial score (nSPS) is 21.1. The van der Waals surface area contributed by atoms with Gasteiger partial charge in [-0.1, -0.05) is 15.9 Å². The highest BCUT2D eigenvalue weighted by molar-refractivity contribution is 9.09. The van der Waals surface area contributed by atoms with E-state index in [2.05, 4.69) is 15.9 Å². The maximum Gasteiger partial charge on any atom is 0.128 e. The molecule has 0 heterocycles. The van der Waals surface area contributed by atoms with Crippen LogP contribution in [0.1, 0.15) is 22.4 Å². The van der Waals surface area contributed by atoms with Gasteiger partial charge in [-0.3, -0.25) is 0 Å². The van der Waals surface area contributed by atoms with Crippen molar-refractivity contribution in [1.82, 2.24) is 0 Å². The van der Waals surface area contributed by atoms with Crippen LogP contribution in [0, 0.1) is 11.6 Å². The highest BCUT2D eigenvalue weighted by Gasteiger charge is 2.26. The van der Waals surface area contributed by atoms with E-state index in [-0.39, 0.29) is 16.5 Å². The minimum atomic E-state index is -0.300. The van der Waals surface area contributed by atoms with Crippen molar-refractivity contribution in [2.75, 3.05) is 0 Å². The molecule has 0 nitrogen and oxygen atoms in total. The van der Waals surface area contributed by atoms with Gasteiger partial charge in [0.1, 0.15) is 11.6 Å². The first-order chi connectivity index (χ1) is 5.70. The van der Waals surface area contributed by atoms with E-state index in [0.29, 0.717) is 17.5 Å². The number of hydrogen-bond donors (Lipinski definition) is 0. The fourth-order valence-electron chi connectivity index (χ4n) is 1.62. The van der Waals surface area contributed by atoms with Gasteiger partial charge in [-0.25, -0.2) is 8.78 Å². The molecular weight excluding hydrogens is 226 g/mol. The summed E-state index contributed by atoms with van der Waals surface area (Å²) in [5, 5.41) is 0. The third-order valence-corrected chi connectivity index (χ3v) is 3.12. The van der Waals surface area contributed by atoms with E-state index < -0.39 is 0 Å². The summed E-state index contributed by atoms with van der Waals surface area (Å²) < 4.78 is 26.2. The standard InChI is InChI=1S/C9H7BrF2/c10-6-2-1-5-7(11)3-4-8(12)9(5)6/h3-4,6H,1-2H2. The third-order valence-electron chi connectivity index (χ3n) is 2.21. The van der Waals surface area contributed by atoms with Crippen LogP contribution < -0.4 is 0 Å². The molecule has 12 heavy (non-hydrogen) atoms. The van der Waals surface area contributed by atoms with Gasteiger partial charge in [0.15, 0.2) is 0 Å². The molecule has 0 spiro atoms. The molecule has 0 saturated carbocycles. The van der Waals surface area contributed by atoms with E-state index in [1.807, 2.05) is 0 Å². The minimum absolute atomic E-state index is 0.0109. The Hall–Kier alpha value is -0.440. The molecule has 0 amide bonds. The van der Waals surface area contributed by atoms with Crippen LogP contribution in [-0.2, 0) is 6.42 Å². The Morgan fingerprint density at radius 2 is 1.92 bits per heavy atom. The molecule has 0 radical (unpaired) electrons. The molecule has 0 aliphatic heterocycles. The van der Waals surface area contributed by atoms with Crippen LogP contribution in [0.15, 0.2) is 12.1 Å². The maximum absolute atomic E-state index is 13.1. The summed E-state index contributed by atoms with van der Waals surface area (Å²) in [6.45, 7) is 0. The van der Waals surface area contributed by atoms with Gasteiger partial charge in [0.25, 0.3) is 0 Å². The Morgan fingerprint density at radius 1 is 1.25 bits per heavy atom. The summed E-state index contributed by atoms with van der Waals surface area (Å²) >= 11 is 3.32. The van der Waals surface area contributed by atoms with E-state index in [0.717, 1.165) is 6.42 Å².